The number of likely N-dealkylation sites (N-methyl/N-ethyl adjacent to an activating group) is 1. The summed E-state index contributed by atoms with van der Waals surface area (Å²) >= 11 is 0. The van der Waals surface area contributed by atoms with Gasteiger partial charge in [-0.05, 0) is 33.0 Å². The monoisotopic (exact) mass is 295 g/mol. The predicted octanol–water partition coefficient (Wildman–Crippen LogP) is 2.13. The second-order valence-corrected chi connectivity index (χ2v) is 4.98. The third-order valence-electron chi connectivity index (χ3n) is 3.28. The van der Waals surface area contributed by atoms with E-state index in [1.54, 1.807) is 0 Å². The highest BCUT2D eigenvalue weighted by molar-refractivity contribution is 5.91. The summed E-state index contributed by atoms with van der Waals surface area (Å²) in [6.07, 6.45) is 0. The molecule has 0 saturated heterocycles. The minimum atomic E-state index is -0.521. The van der Waals surface area contributed by atoms with Crippen molar-refractivity contribution in [1.29, 1.82) is 0 Å². The number of nitro benzene ring substituents is 1. The molecule has 0 aromatic heterocycles. The van der Waals surface area contributed by atoms with Crippen LogP contribution in [-0.4, -0.2) is 49.1 Å². The van der Waals surface area contributed by atoms with Gasteiger partial charge >= 0.3 is 5.97 Å². The van der Waals surface area contributed by atoms with Crippen LogP contribution in [0.3, 0.4) is 0 Å². The largest absolute Gasteiger partial charge is 0.465 e. The smallest absolute Gasteiger partial charge is 0.337 e. The predicted molar refractivity (Wildman–Crippen MR) is 80.7 cm³/mol. The van der Waals surface area contributed by atoms with Gasteiger partial charge in [0.05, 0.1) is 17.6 Å². The Labute approximate surface area is 124 Å². The van der Waals surface area contributed by atoms with Crippen LogP contribution in [0.1, 0.15) is 24.2 Å². The van der Waals surface area contributed by atoms with Gasteiger partial charge in [0.2, 0.25) is 0 Å². The maximum absolute atomic E-state index is 11.5. The van der Waals surface area contributed by atoms with Crippen molar-refractivity contribution in [1.82, 2.24) is 4.90 Å². The highest BCUT2D eigenvalue weighted by Gasteiger charge is 2.17. The zero-order valence-corrected chi connectivity index (χ0v) is 12.8. The summed E-state index contributed by atoms with van der Waals surface area (Å²) in [6, 6.07) is 4.53. The van der Waals surface area contributed by atoms with Crippen molar-refractivity contribution in [2.24, 2.45) is 0 Å². The topological polar surface area (TPSA) is 84.7 Å². The summed E-state index contributed by atoms with van der Waals surface area (Å²) in [5.74, 6) is -0.521. The van der Waals surface area contributed by atoms with Gasteiger partial charge in [-0.2, -0.15) is 0 Å². The van der Waals surface area contributed by atoms with Crippen LogP contribution < -0.4 is 5.32 Å². The number of benzene rings is 1. The second-order valence-electron chi connectivity index (χ2n) is 4.98. The molecule has 0 bridgehead atoms. The van der Waals surface area contributed by atoms with Crippen LogP contribution >= 0.6 is 0 Å². The standard InChI is InChI=1S/C14H21N3O4/c1-10(2)16(3)8-7-15-12-9-11(14(18)21-4)5-6-13(12)17(19)20/h5-6,9-10,15H,7-8H2,1-4H3. The molecule has 0 amide bonds. The van der Waals surface area contributed by atoms with Crippen LogP contribution in [0.4, 0.5) is 11.4 Å². The normalized spacial score (nSPS) is 10.8. The summed E-state index contributed by atoms with van der Waals surface area (Å²) in [4.78, 5) is 24.1. The van der Waals surface area contributed by atoms with Crippen molar-refractivity contribution < 1.29 is 14.5 Å². The van der Waals surface area contributed by atoms with E-state index in [4.69, 9.17) is 0 Å². The lowest BCUT2D eigenvalue weighted by molar-refractivity contribution is -0.384. The van der Waals surface area contributed by atoms with Crippen molar-refractivity contribution in [3.05, 3.63) is 33.9 Å². The number of hydrogen-bond acceptors (Lipinski definition) is 6. The minimum absolute atomic E-state index is 0.0603. The first-order chi connectivity index (χ1) is 9.86. The molecule has 21 heavy (non-hydrogen) atoms. The molecule has 7 heteroatoms. The molecule has 1 aromatic rings. The van der Waals surface area contributed by atoms with Crippen molar-refractivity contribution in [2.45, 2.75) is 19.9 Å². The SMILES string of the molecule is COC(=O)c1ccc([N+](=O)[O-])c(NCCN(C)C(C)C)c1. The zero-order chi connectivity index (χ0) is 16.0. The number of nitrogens with one attached hydrogen (secondary N) is 1. The van der Waals surface area contributed by atoms with Gasteiger partial charge in [0.15, 0.2) is 0 Å². The maximum atomic E-state index is 11.5. The minimum Gasteiger partial charge on any atom is -0.465 e. The Bertz CT molecular complexity index is 517. The average molecular weight is 295 g/mol. The van der Waals surface area contributed by atoms with Crippen LogP contribution in [0.25, 0.3) is 0 Å². The molecule has 0 fully saturated rings. The first-order valence-electron chi connectivity index (χ1n) is 6.67. The highest BCUT2D eigenvalue weighted by atomic mass is 16.6. The third-order valence-corrected chi connectivity index (χ3v) is 3.28. The van der Waals surface area contributed by atoms with Crippen molar-refractivity contribution in [2.75, 3.05) is 32.6 Å². The lowest BCUT2D eigenvalue weighted by Gasteiger charge is -2.21. The van der Waals surface area contributed by atoms with Gasteiger partial charge in [0, 0.05) is 25.2 Å². The number of nitrogens with zero attached hydrogens (tertiary/aromatic N) is 2. The van der Waals surface area contributed by atoms with Gasteiger partial charge in [-0.3, -0.25) is 10.1 Å². The van der Waals surface area contributed by atoms with Gasteiger partial charge in [0.1, 0.15) is 5.69 Å². The molecular formula is C14H21N3O4. The van der Waals surface area contributed by atoms with E-state index >= 15 is 0 Å². The van der Waals surface area contributed by atoms with Crippen LogP contribution in [0.15, 0.2) is 18.2 Å². The number of rotatable bonds is 7. The van der Waals surface area contributed by atoms with Crippen LogP contribution in [0.5, 0.6) is 0 Å². The van der Waals surface area contributed by atoms with Gasteiger partial charge in [-0.1, -0.05) is 0 Å². The van der Waals surface area contributed by atoms with Crippen LogP contribution in [0.2, 0.25) is 0 Å². The Hall–Kier alpha value is -2.15. The molecule has 0 aliphatic carbocycles. The number of methoxy groups -OCH3 is 1. The molecule has 0 aliphatic heterocycles. The Morgan fingerprint density at radius 2 is 2.14 bits per heavy atom. The number of nitro groups is 1. The first-order valence-corrected chi connectivity index (χ1v) is 6.67. The number of ether oxygens (including phenoxy) is 1. The second kappa shape index (κ2) is 7.58. The summed E-state index contributed by atoms with van der Waals surface area (Å²) in [6.45, 7) is 5.41. The highest BCUT2D eigenvalue weighted by Crippen LogP contribution is 2.25. The van der Waals surface area contributed by atoms with Gasteiger partial charge < -0.3 is 15.0 Å². The summed E-state index contributed by atoms with van der Waals surface area (Å²) < 4.78 is 4.62. The van der Waals surface area contributed by atoms with Crippen LogP contribution in [-0.2, 0) is 4.74 Å². The van der Waals surface area contributed by atoms with Crippen molar-refractivity contribution in [3.63, 3.8) is 0 Å². The summed E-state index contributed by atoms with van der Waals surface area (Å²) in [7, 11) is 3.25. The molecule has 1 N–H and O–H groups in total. The maximum Gasteiger partial charge on any atom is 0.337 e. The fraction of sp³-hybridized carbons (Fsp3) is 0.500. The molecule has 0 atom stereocenters. The van der Waals surface area contributed by atoms with Gasteiger partial charge in [-0.15, -0.1) is 0 Å². The molecule has 0 saturated carbocycles. The zero-order valence-electron chi connectivity index (χ0n) is 12.8. The Balaban J connectivity index is 2.86. The van der Waals surface area contributed by atoms with E-state index in [0.29, 0.717) is 18.3 Å². The number of carbonyl (C=O) groups excluding carboxylic acids is 1. The Morgan fingerprint density at radius 1 is 1.48 bits per heavy atom. The van der Waals surface area contributed by atoms with Crippen molar-refractivity contribution in [3.8, 4) is 0 Å². The van der Waals surface area contributed by atoms with E-state index in [9.17, 15) is 14.9 Å². The fourth-order valence-corrected chi connectivity index (χ4v) is 1.71. The number of hydrogen-bond donors (Lipinski definition) is 1. The van der Waals surface area contributed by atoms with E-state index in [2.05, 4.69) is 28.8 Å². The number of carbonyl (C=O) groups is 1. The lowest BCUT2D eigenvalue weighted by atomic mass is 10.1. The molecule has 1 rings (SSSR count). The quantitative estimate of drug-likeness (QED) is 0.471. The number of anilines is 1. The van der Waals surface area contributed by atoms with Crippen molar-refractivity contribution >= 4 is 17.3 Å². The van der Waals surface area contributed by atoms with Gasteiger partial charge in [-0.25, -0.2) is 4.79 Å². The summed E-state index contributed by atoms with van der Waals surface area (Å²) in [5.41, 5.74) is 0.540. The Kier molecular flexibility index (Phi) is 6.10. The van der Waals surface area contributed by atoms with E-state index in [1.807, 2.05) is 7.05 Å². The fourth-order valence-electron chi connectivity index (χ4n) is 1.71. The average Bonchev–Trinajstić information content (AvgIpc) is 2.45. The first kappa shape index (κ1) is 16.9. The molecule has 7 nitrogen and oxygen atoms in total. The molecule has 0 aliphatic rings. The molecule has 1 aromatic carbocycles. The molecule has 0 unspecified atom stereocenters. The van der Waals surface area contributed by atoms with E-state index in [0.717, 1.165) is 6.54 Å². The molecule has 116 valence electrons. The molecular weight excluding hydrogens is 274 g/mol. The Morgan fingerprint density at radius 3 is 2.67 bits per heavy atom. The van der Waals surface area contributed by atoms with E-state index < -0.39 is 10.9 Å². The number of esters is 1. The summed E-state index contributed by atoms with van der Waals surface area (Å²) in [5, 5.41) is 14.0. The van der Waals surface area contributed by atoms with E-state index in [-0.39, 0.29) is 11.3 Å². The van der Waals surface area contributed by atoms with Crippen LogP contribution in [0, 0.1) is 10.1 Å². The lowest BCUT2D eigenvalue weighted by Crippen LogP contribution is -2.31. The molecule has 0 spiro atoms. The molecule has 0 radical (unpaired) electrons. The van der Waals surface area contributed by atoms with Gasteiger partial charge in [0.25, 0.3) is 5.69 Å². The third kappa shape index (κ3) is 4.71. The molecule has 0 heterocycles. The van der Waals surface area contributed by atoms with E-state index in [1.165, 1.54) is 25.3 Å².